The summed E-state index contributed by atoms with van der Waals surface area (Å²) in [4.78, 5) is 0. The zero-order chi connectivity index (χ0) is 13.7. The Hall–Kier alpha value is -0.630. The molecule has 0 nitrogen and oxygen atoms in total. The van der Waals surface area contributed by atoms with Gasteiger partial charge in [0.1, 0.15) is 11.6 Å². The number of halogens is 3. The first-order chi connectivity index (χ1) is 9.18. The minimum atomic E-state index is -0.475. The van der Waals surface area contributed by atoms with Crippen LogP contribution in [-0.2, 0) is 6.42 Å². The summed E-state index contributed by atoms with van der Waals surface area (Å²) < 4.78 is 27.2. The van der Waals surface area contributed by atoms with Crippen LogP contribution in [0.2, 0.25) is 0 Å². The van der Waals surface area contributed by atoms with Gasteiger partial charge in [-0.3, -0.25) is 0 Å². The van der Waals surface area contributed by atoms with Crippen LogP contribution in [0.3, 0.4) is 0 Å². The Labute approximate surface area is 119 Å². The van der Waals surface area contributed by atoms with Gasteiger partial charge in [-0.1, -0.05) is 38.2 Å². The van der Waals surface area contributed by atoms with Gasteiger partial charge in [0.05, 0.1) is 0 Å². The van der Waals surface area contributed by atoms with Gasteiger partial charge in [-0.25, -0.2) is 8.78 Å². The van der Waals surface area contributed by atoms with E-state index in [4.69, 9.17) is 11.6 Å². The minimum Gasteiger partial charge on any atom is -0.207 e. The summed E-state index contributed by atoms with van der Waals surface area (Å²) in [6.45, 7) is 0. The molecule has 1 aliphatic rings. The molecular formula is C16H21ClF2. The maximum atomic E-state index is 13.6. The average Bonchev–Trinajstić information content (AvgIpc) is 2.33. The van der Waals surface area contributed by atoms with E-state index in [1.165, 1.54) is 50.3 Å². The molecule has 1 fully saturated rings. The van der Waals surface area contributed by atoms with Gasteiger partial charge in [0.2, 0.25) is 0 Å². The highest BCUT2D eigenvalue weighted by atomic mass is 35.5. The SMILES string of the molecule is Fc1cccc(F)c1CC(Cl)C1CCCCCCC1. The van der Waals surface area contributed by atoms with Gasteiger partial charge in [-0.15, -0.1) is 11.6 Å². The fraction of sp³-hybridized carbons (Fsp3) is 0.625. The first kappa shape index (κ1) is 14.8. The monoisotopic (exact) mass is 286 g/mol. The van der Waals surface area contributed by atoms with Gasteiger partial charge in [-0.05, 0) is 37.3 Å². The van der Waals surface area contributed by atoms with Crippen molar-refractivity contribution in [1.29, 1.82) is 0 Å². The maximum Gasteiger partial charge on any atom is 0.129 e. The lowest BCUT2D eigenvalue weighted by Gasteiger charge is -2.24. The Morgan fingerprint density at radius 3 is 2.11 bits per heavy atom. The predicted molar refractivity (Wildman–Crippen MR) is 75.5 cm³/mol. The molecule has 0 aliphatic heterocycles. The molecule has 0 spiro atoms. The van der Waals surface area contributed by atoms with Gasteiger partial charge in [0.15, 0.2) is 0 Å². The van der Waals surface area contributed by atoms with E-state index >= 15 is 0 Å². The second-order valence-corrected chi connectivity index (χ2v) is 6.09. The lowest BCUT2D eigenvalue weighted by atomic mass is 9.86. The summed E-state index contributed by atoms with van der Waals surface area (Å²) in [5.41, 5.74) is 0.143. The Morgan fingerprint density at radius 2 is 1.53 bits per heavy atom. The Balaban J connectivity index is 2.00. The first-order valence-corrected chi connectivity index (χ1v) is 7.69. The van der Waals surface area contributed by atoms with Crippen molar-refractivity contribution in [2.24, 2.45) is 5.92 Å². The molecule has 0 bridgehead atoms. The predicted octanol–water partition coefficient (Wildman–Crippen LogP) is 5.48. The Bertz CT molecular complexity index is 377. The summed E-state index contributed by atoms with van der Waals surface area (Å²) in [5, 5.41) is -0.163. The van der Waals surface area contributed by atoms with Crippen molar-refractivity contribution in [1.82, 2.24) is 0 Å². The first-order valence-electron chi connectivity index (χ1n) is 7.25. The van der Waals surface area contributed by atoms with Crippen molar-refractivity contribution in [3.63, 3.8) is 0 Å². The summed E-state index contributed by atoms with van der Waals surface area (Å²) in [7, 11) is 0. The molecule has 0 N–H and O–H groups in total. The van der Waals surface area contributed by atoms with Gasteiger partial charge >= 0.3 is 0 Å². The zero-order valence-electron chi connectivity index (χ0n) is 11.2. The van der Waals surface area contributed by atoms with E-state index in [2.05, 4.69) is 0 Å². The number of rotatable bonds is 3. The van der Waals surface area contributed by atoms with E-state index < -0.39 is 11.6 Å². The second kappa shape index (κ2) is 7.23. The highest BCUT2D eigenvalue weighted by Crippen LogP contribution is 2.30. The van der Waals surface area contributed by atoms with E-state index in [1.807, 2.05) is 0 Å². The van der Waals surface area contributed by atoms with Crippen molar-refractivity contribution in [3.05, 3.63) is 35.4 Å². The zero-order valence-corrected chi connectivity index (χ0v) is 11.9. The van der Waals surface area contributed by atoms with Crippen LogP contribution >= 0.6 is 11.6 Å². The van der Waals surface area contributed by atoms with Crippen molar-refractivity contribution >= 4 is 11.6 Å². The van der Waals surface area contributed by atoms with E-state index in [9.17, 15) is 8.78 Å². The Morgan fingerprint density at radius 1 is 1.00 bits per heavy atom. The third-order valence-corrected chi connectivity index (χ3v) is 4.63. The highest BCUT2D eigenvalue weighted by molar-refractivity contribution is 6.20. The number of hydrogen-bond donors (Lipinski definition) is 0. The van der Waals surface area contributed by atoms with Crippen molar-refractivity contribution in [2.45, 2.75) is 56.7 Å². The molecular weight excluding hydrogens is 266 g/mol. The Kier molecular flexibility index (Phi) is 5.62. The number of alkyl halides is 1. The smallest absolute Gasteiger partial charge is 0.129 e. The molecule has 0 saturated heterocycles. The van der Waals surface area contributed by atoms with Gasteiger partial charge in [-0.2, -0.15) is 0 Å². The molecule has 1 saturated carbocycles. The maximum absolute atomic E-state index is 13.6. The van der Waals surface area contributed by atoms with Crippen molar-refractivity contribution in [2.75, 3.05) is 0 Å². The van der Waals surface area contributed by atoms with Crippen molar-refractivity contribution in [3.8, 4) is 0 Å². The largest absolute Gasteiger partial charge is 0.207 e. The molecule has 0 aromatic heterocycles. The molecule has 0 radical (unpaired) electrons. The number of benzene rings is 1. The molecule has 1 atom stereocenters. The fourth-order valence-electron chi connectivity index (χ4n) is 2.94. The molecule has 0 amide bonds. The third kappa shape index (κ3) is 4.17. The molecule has 19 heavy (non-hydrogen) atoms. The molecule has 0 heterocycles. The van der Waals surface area contributed by atoms with Crippen LogP contribution in [0.4, 0.5) is 8.78 Å². The van der Waals surface area contributed by atoms with E-state index in [0.717, 1.165) is 12.8 Å². The molecule has 1 aromatic carbocycles. The lowest BCUT2D eigenvalue weighted by molar-refractivity contribution is 0.360. The molecule has 106 valence electrons. The van der Waals surface area contributed by atoms with Crippen LogP contribution in [0.5, 0.6) is 0 Å². The van der Waals surface area contributed by atoms with Crippen LogP contribution in [0.25, 0.3) is 0 Å². The average molecular weight is 287 g/mol. The van der Waals surface area contributed by atoms with Crippen LogP contribution in [-0.4, -0.2) is 5.38 Å². The molecule has 1 aliphatic carbocycles. The van der Waals surface area contributed by atoms with Gasteiger partial charge in [0.25, 0.3) is 0 Å². The standard InChI is InChI=1S/C16H21ClF2/c17-14(12-7-4-2-1-3-5-8-12)11-13-15(18)9-6-10-16(13)19/h6,9-10,12,14H,1-5,7-8,11H2. The highest BCUT2D eigenvalue weighted by Gasteiger charge is 2.23. The van der Waals surface area contributed by atoms with Crippen molar-refractivity contribution < 1.29 is 8.78 Å². The lowest BCUT2D eigenvalue weighted by Crippen LogP contribution is -2.20. The summed E-state index contributed by atoms with van der Waals surface area (Å²) in [6.07, 6.45) is 8.67. The number of hydrogen-bond acceptors (Lipinski definition) is 0. The normalized spacial score (nSPS) is 19.7. The van der Waals surface area contributed by atoms with E-state index in [0.29, 0.717) is 12.3 Å². The van der Waals surface area contributed by atoms with Gasteiger partial charge in [0, 0.05) is 10.9 Å². The minimum absolute atomic E-state index is 0.143. The topological polar surface area (TPSA) is 0 Å². The third-order valence-electron chi connectivity index (χ3n) is 4.12. The quantitative estimate of drug-likeness (QED) is 0.646. The van der Waals surface area contributed by atoms with Crippen LogP contribution in [0.1, 0.15) is 50.5 Å². The fourth-order valence-corrected chi connectivity index (χ4v) is 3.34. The summed E-state index contributed by atoms with van der Waals surface area (Å²) in [5.74, 6) is -0.561. The molecule has 2 rings (SSSR count). The van der Waals surface area contributed by atoms with Crippen LogP contribution in [0.15, 0.2) is 18.2 Å². The van der Waals surface area contributed by atoms with Crippen LogP contribution in [0, 0.1) is 17.6 Å². The summed E-state index contributed by atoms with van der Waals surface area (Å²) >= 11 is 6.43. The van der Waals surface area contributed by atoms with E-state index in [1.54, 1.807) is 0 Å². The van der Waals surface area contributed by atoms with E-state index in [-0.39, 0.29) is 10.9 Å². The summed E-state index contributed by atoms with van der Waals surface area (Å²) in [6, 6.07) is 4.01. The van der Waals surface area contributed by atoms with Crippen LogP contribution < -0.4 is 0 Å². The molecule has 1 unspecified atom stereocenters. The molecule has 1 aromatic rings. The molecule has 3 heteroatoms. The second-order valence-electron chi connectivity index (χ2n) is 5.53. The van der Waals surface area contributed by atoms with Gasteiger partial charge < -0.3 is 0 Å².